The highest BCUT2D eigenvalue weighted by Crippen LogP contribution is 2.26. The van der Waals surface area contributed by atoms with Crippen LogP contribution in [0.2, 0.25) is 0 Å². The summed E-state index contributed by atoms with van der Waals surface area (Å²) in [6.45, 7) is 0. The lowest BCUT2D eigenvalue weighted by molar-refractivity contribution is -0.169. The van der Waals surface area contributed by atoms with Crippen LogP contribution in [-0.2, 0) is 14.5 Å². The summed E-state index contributed by atoms with van der Waals surface area (Å²) in [6, 6.07) is 0. The molecule has 1 unspecified atom stereocenters. The van der Waals surface area contributed by atoms with E-state index in [1.165, 1.54) is 0 Å². The maximum absolute atomic E-state index is 11.9. The Kier molecular flexibility index (Phi) is 3.42. The van der Waals surface area contributed by atoms with Crippen LogP contribution in [0.25, 0.3) is 0 Å². The van der Waals surface area contributed by atoms with E-state index in [4.69, 9.17) is 0 Å². The van der Waals surface area contributed by atoms with Gasteiger partial charge < -0.3 is 0 Å². The van der Waals surface area contributed by atoms with Crippen LogP contribution in [0.15, 0.2) is 4.36 Å². The lowest BCUT2D eigenvalue weighted by atomic mass is 10.4. The van der Waals surface area contributed by atoms with E-state index in [2.05, 4.69) is 4.36 Å². The van der Waals surface area contributed by atoms with Gasteiger partial charge in [-0.1, -0.05) is 12.8 Å². The van der Waals surface area contributed by atoms with E-state index >= 15 is 0 Å². The normalized spacial score (nSPS) is 22.4. The Morgan fingerprint density at radius 2 is 1.80 bits per heavy atom. The van der Waals surface area contributed by atoms with Gasteiger partial charge in [-0.2, -0.15) is 17.5 Å². The Hall–Kier alpha value is -0.590. The van der Waals surface area contributed by atoms with Crippen molar-refractivity contribution >= 4 is 15.6 Å². The first-order chi connectivity index (χ1) is 6.73. The first-order valence-electron chi connectivity index (χ1n) is 4.55. The molecule has 1 aliphatic carbocycles. The number of hydrogen-bond acceptors (Lipinski definition) is 2. The molecule has 0 bridgehead atoms. The summed E-state index contributed by atoms with van der Waals surface area (Å²) in [5.74, 6) is -2.23. The highest BCUT2D eigenvalue weighted by atomic mass is 32.2. The molecule has 88 valence electrons. The third-order valence-electron chi connectivity index (χ3n) is 2.43. The van der Waals surface area contributed by atoms with E-state index in [9.17, 15) is 22.2 Å². The van der Waals surface area contributed by atoms with Crippen molar-refractivity contribution in [1.29, 1.82) is 0 Å². The minimum Gasteiger partial charge on any atom is -0.261 e. The second kappa shape index (κ2) is 4.11. The molecule has 0 spiro atoms. The summed E-state index contributed by atoms with van der Waals surface area (Å²) in [6.07, 6.45) is -1.03. The zero-order chi connectivity index (χ0) is 11.7. The minimum atomic E-state index is -5.02. The third kappa shape index (κ3) is 3.19. The second-order valence-corrected chi connectivity index (χ2v) is 6.23. The number of carbonyl (C=O) groups is 1. The predicted molar refractivity (Wildman–Crippen MR) is 49.8 cm³/mol. The van der Waals surface area contributed by atoms with Gasteiger partial charge in [0.25, 0.3) is 0 Å². The number of hydrogen-bond donors (Lipinski definition) is 0. The van der Waals surface area contributed by atoms with Gasteiger partial charge in [-0.15, -0.1) is 0 Å². The third-order valence-corrected chi connectivity index (χ3v) is 4.66. The molecule has 7 heteroatoms. The van der Waals surface area contributed by atoms with Gasteiger partial charge in [0.1, 0.15) is 0 Å². The smallest absolute Gasteiger partial charge is 0.261 e. The Morgan fingerprint density at radius 1 is 1.33 bits per heavy atom. The molecule has 0 saturated heterocycles. The van der Waals surface area contributed by atoms with E-state index in [0.717, 1.165) is 19.1 Å². The number of amides is 1. The molecular weight excluding hydrogens is 231 g/mol. The Morgan fingerprint density at radius 3 is 2.20 bits per heavy atom. The van der Waals surface area contributed by atoms with Crippen molar-refractivity contribution in [2.75, 3.05) is 6.26 Å². The van der Waals surface area contributed by atoms with Crippen molar-refractivity contribution in [2.24, 2.45) is 4.36 Å². The van der Waals surface area contributed by atoms with Crippen LogP contribution >= 0.6 is 0 Å². The minimum absolute atomic E-state index is 0.371. The molecule has 0 aromatic carbocycles. The maximum Gasteiger partial charge on any atom is 0.474 e. The lowest BCUT2D eigenvalue weighted by Crippen LogP contribution is -2.25. The van der Waals surface area contributed by atoms with Gasteiger partial charge in [0.15, 0.2) is 0 Å². The first kappa shape index (κ1) is 12.5. The first-order valence-corrected chi connectivity index (χ1v) is 6.54. The average molecular weight is 243 g/mol. The maximum atomic E-state index is 11.9. The van der Waals surface area contributed by atoms with Gasteiger partial charge in [0.05, 0.1) is 9.73 Å². The second-order valence-electron chi connectivity index (χ2n) is 3.66. The molecule has 0 radical (unpaired) electrons. The number of nitrogens with zero attached hydrogens (tertiary/aromatic N) is 1. The molecular formula is C8H12F3NO2S. The van der Waals surface area contributed by atoms with Gasteiger partial charge in [-0.25, -0.2) is 4.21 Å². The SMILES string of the molecule is CS(=O)(=NC(=O)C(F)(F)F)C1CCCC1. The highest BCUT2D eigenvalue weighted by Gasteiger charge is 2.40. The van der Waals surface area contributed by atoms with E-state index < -0.39 is 21.8 Å². The molecule has 1 fully saturated rings. The topological polar surface area (TPSA) is 46.5 Å². The van der Waals surface area contributed by atoms with Crippen LogP contribution in [0.5, 0.6) is 0 Å². The van der Waals surface area contributed by atoms with Gasteiger partial charge in [0.2, 0.25) is 0 Å². The summed E-state index contributed by atoms with van der Waals surface area (Å²) in [5.41, 5.74) is 0. The number of carbonyl (C=O) groups excluding carboxylic acids is 1. The Balaban J connectivity index is 2.90. The van der Waals surface area contributed by atoms with E-state index in [0.29, 0.717) is 12.8 Å². The van der Waals surface area contributed by atoms with Crippen molar-refractivity contribution in [3.05, 3.63) is 0 Å². The van der Waals surface area contributed by atoms with Crippen molar-refractivity contribution in [3.63, 3.8) is 0 Å². The van der Waals surface area contributed by atoms with Crippen molar-refractivity contribution in [1.82, 2.24) is 0 Å². The quantitative estimate of drug-likeness (QED) is 0.708. The number of alkyl halides is 3. The van der Waals surface area contributed by atoms with Crippen molar-refractivity contribution < 1.29 is 22.2 Å². The van der Waals surface area contributed by atoms with E-state index in [1.54, 1.807) is 0 Å². The largest absolute Gasteiger partial charge is 0.474 e. The van der Waals surface area contributed by atoms with Crippen molar-refractivity contribution in [3.8, 4) is 0 Å². The van der Waals surface area contributed by atoms with E-state index in [-0.39, 0.29) is 5.25 Å². The lowest BCUT2D eigenvalue weighted by Gasteiger charge is -2.11. The van der Waals surface area contributed by atoms with Crippen LogP contribution < -0.4 is 0 Å². The molecule has 1 amide bonds. The molecule has 1 rings (SSSR count). The zero-order valence-corrected chi connectivity index (χ0v) is 9.03. The fourth-order valence-corrected chi connectivity index (χ4v) is 3.41. The van der Waals surface area contributed by atoms with Gasteiger partial charge >= 0.3 is 12.1 Å². The molecule has 0 N–H and O–H groups in total. The summed E-state index contributed by atoms with van der Waals surface area (Å²) in [4.78, 5) is 10.6. The molecule has 0 aromatic heterocycles. The molecule has 1 atom stereocenters. The molecule has 1 saturated carbocycles. The van der Waals surface area contributed by atoms with Crippen molar-refractivity contribution in [2.45, 2.75) is 37.1 Å². The van der Waals surface area contributed by atoms with Crippen LogP contribution in [0.1, 0.15) is 25.7 Å². The van der Waals surface area contributed by atoms with Crippen LogP contribution in [0.3, 0.4) is 0 Å². The fourth-order valence-electron chi connectivity index (χ4n) is 1.62. The highest BCUT2D eigenvalue weighted by molar-refractivity contribution is 7.93. The zero-order valence-electron chi connectivity index (χ0n) is 8.21. The summed E-state index contributed by atoms with van der Waals surface area (Å²) < 4.78 is 50.3. The standard InChI is InChI=1S/C8H12F3NO2S/c1-15(14,6-4-2-3-5-6)12-7(13)8(9,10)11/h6H,2-5H2,1H3. The van der Waals surface area contributed by atoms with Crippen LogP contribution in [-0.4, -0.2) is 27.8 Å². The number of rotatable bonds is 1. The van der Waals surface area contributed by atoms with E-state index in [1.807, 2.05) is 0 Å². The molecule has 3 nitrogen and oxygen atoms in total. The Labute approximate surface area is 86.2 Å². The molecule has 0 aromatic rings. The van der Waals surface area contributed by atoms with Crippen LogP contribution in [0.4, 0.5) is 13.2 Å². The molecule has 15 heavy (non-hydrogen) atoms. The molecule has 0 heterocycles. The predicted octanol–water partition coefficient (Wildman–Crippen LogP) is 2.12. The molecule has 0 aliphatic heterocycles. The monoisotopic (exact) mass is 243 g/mol. The summed E-state index contributed by atoms with van der Waals surface area (Å²) in [5, 5.41) is -0.371. The number of halogens is 3. The summed E-state index contributed by atoms with van der Waals surface area (Å²) in [7, 11) is -3.04. The summed E-state index contributed by atoms with van der Waals surface area (Å²) >= 11 is 0. The Bertz CT molecular complexity index is 363. The molecule has 1 aliphatic rings. The van der Waals surface area contributed by atoms with Crippen LogP contribution in [0, 0.1) is 0 Å². The average Bonchev–Trinajstić information content (AvgIpc) is 2.52. The van der Waals surface area contributed by atoms with Gasteiger partial charge in [0, 0.05) is 11.5 Å². The fraction of sp³-hybridized carbons (Fsp3) is 0.875. The van der Waals surface area contributed by atoms with Gasteiger partial charge in [-0.3, -0.25) is 4.79 Å². The van der Waals surface area contributed by atoms with Gasteiger partial charge in [-0.05, 0) is 12.8 Å².